The lowest BCUT2D eigenvalue weighted by molar-refractivity contribution is 0.0944. The van der Waals surface area contributed by atoms with E-state index in [1.807, 2.05) is 5.43 Å². The highest BCUT2D eigenvalue weighted by molar-refractivity contribution is 7.89. The van der Waals surface area contributed by atoms with Gasteiger partial charge in [0, 0.05) is 5.56 Å². The lowest BCUT2D eigenvalue weighted by Gasteiger charge is -2.11. The predicted octanol–water partition coefficient (Wildman–Crippen LogP) is 2.30. The molecule has 0 bridgehead atoms. The average Bonchev–Trinajstić information content (AvgIpc) is 2.54. The highest BCUT2D eigenvalue weighted by atomic mass is 32.2. The van der Waals surface area contributed by atoms with Crippen molar-refractivity contribution >= 4 is 15.9 Å². The van der Waals surface area contributed by atoms with Gasteiger partial charge in [0.25, 0.3) is 15.9 Å². The molecule has 1 amide bonds. The van der Waals surface area contributed by atoms with E-state index in [1.165, 1.54) is 12.1 Å². The van der Waals surface area contributed by atoms with Gasteiger partial charge in [-0.05, 0) is 55.8 Å². The Hall–Kier alpha value is -2.52. The number of hydrogen-bond donors (Lipinski definition) is 2. The fourth-order valence-electron chi connectivity index (χ4n) is 2.05. The summed E-state index contributed by atoms with van der Waals surface area (Å²) >= 11 is 0. The number of ether oxygens (including phenoxy) is 1. The molecule has 9 heteroatoms. The Balaban J connectivity index is 2.17. The van der Waals surface area contributed by atoms with Crippen LogP contribution in [0, 0.1) is 18.6 Å². The Morgan fingerprint density at radius 2 is 1.88 bits per heavy atom. The van der Waals surface area contributed by atoms with E-state index in [-0.39, 0.29) is 5.56 Å². The third kappa shape index (κ3) is 4.74. The van der Waals surface area contributed by atoms with E-state index in [1.54, 1.807) is 24.7 Å². The maximum Gasteiger partial charge on any atom is 0.266 e. The summed E-state index contributed by atoms with van der Waals surface area (Å²) in [6.07, 6.45) is 0. The number of nitrogens with one attached hydrogen (secondary N) is 2. The zero-order valence-corrected chi connectivity index (χ0v) is 14.3. The molecule has 0 atom stereocenters. The molecule has 0 unspecified atom stereocenters. The molecule has 2 N–H and O–H groups in total. The van der Waals surface area contributed by atoms with Crippen molar-refractivity contribution in [3.63, 3.8) is 0 Å². The summed E-state index contributed by atoms with van der Waals surface area (Å²) in [5.74, 6) is -2.39. The van der Waals surface area contributed by atoms with Crippen LogP contribution in [-0.4, -0.2) is 20.9 Å². The summed E-state index contributed by atoms with van der Waals surface area (Å²) in [6, 6.07) is 6.66. The van der Waals surface area contributed by atoms with Crippen LogP contribution in [0.25, 0.3) is 0 Å². The van der Waals surface area contributed by atoms with Crippen LogP contribution < -0.4 is 15.0 Å². The second-order valence-electron chi connectivity index (χ2n) is 5.10. The fraction of sp³-hybridized carbons (Fsp3) is 0.188. The Bertz CT molecular complexity index is 901. The molecule has 134 valence electrons. The molecular formula is C16H16F2N2O4S. The summed E-state index contributed by atoms with van der Waals surface area (Å²) in [5.41, 5.74) is 2.84. The quantitative estimate of drug-likeness (QED) is 0.764. The first-order valence-electron chi connectivity index (χ1n) is 7.24. The number of rotatable bonds is 6. The second-order valence-corrected chi connectivity index (χ2v) is 6.75. The lowest BCUT2D eigenvalue weighted by Crippen LogP contribution is -2.41. The molecule has 0 heterocycles. The highest BCUT2D eigenvalue weighted by Gasteiger charge is 2.21. The number of benzene rings is 2. The zero-order valence-electron chi connectivity index (χ0n) is 13.5. The highest BCUT2D eigenvalue weighted by Crippen LogP contribution is 2.17. The van der Waals surface area contributed by atoms with Gasteiger partial charge in [-0.3, -0.25) is 10.2 Å². The van der Waals surface area contributed by atoms with Crippen molar-refractivity contribution in [1.82, 2.24) is 10.3 Å². The van der Waals surface area contributed by atoms with Crippen molar-refractivity contribution in [2.24, 2.45) is 0 Å². The number of carbonyl (C=O) groups excluding carboxylic acids is 1. The minimum atomic E-state index is -4.48. The fourth-order valence-corrected chi connectivity index (χ4v) is 2.98. The van der Waals surface area contributed by atoms with E-state index >= 15 is 0 Å². The summed E-state index contributed by atoms with van der Waals surface area (Å²) < 4.78 is 56.1. The number of aryl methyl sites for hydroxylation is 1. The van der Waals surface area contributed by atoms with Crippen molar-refractivity contribution in [1.29, 1.82) is 0 Å². The largest absolute Gasteiger partial charge is 0.494 e. The number of amides is 1. The summed E-state index contributed by atoms with van der Waals surface area (Å²) in [4.78, 5) is 12.9. The standard InChI is InChI=1S/C16H16F2N2O4S/c1-3-24-13-7-10(2)6-11(8-13)16(21)19-20-25(22,23)15-9-12(17)4-5-14(15)18/h4-9,20H,3H2,1-2H3,(H,19,21). The van der Waals surface area contributed by atoms with Gasteiger partial charge in [-0.25, -0.2) is 17.2 Å². The first-order chi connectivity index (χ1) is 11.7. The first kappa shape index (κ1) is 18.8. The smallest absolute Gasteiger partial charge is 0.266 e. The van der Waals surface area contributed by atoms with Gasteiger partial charge in [0.15, 0.2) is 0 Å². The van der Waals surface area contributed by atoms with Crippen LogP contribution in [0.1, 0.15) is 22.8 Å². The molecule has 0 fully saturated rings. The van der Waals surface area contributed by atoms with Gasteiger partial charge in [-0.2, -0.15) is 0 Å². The van der Waals surface area contributed by atoms with Crippen molar-refractivity contribution in [3.8, 4) is 5.75 Å². The van der Waals surface area contributed by atoms with Gasteiger partial charge in [0.05, 0.1) is 6.61 Å². The van der Waals surface area contributed by atoms with Crippen LogP contribution in [0.15, 0.2) is 41.3 Å². The van der Waals surface area contributed by atoms with Crippen LogP contribution >= 0.6 is 0 Å². The summed E-state index contributed by atoms with van der Waals surface area (Å²) in [6.45, 7) is 3.92. The summed E-state index contributed by atoms with van der Waals surface area (Å²) in [7, 11) is -4.48. The molecule has 0 aliphatic rings. The van der Waals surface area contributed by atoms with Crippen molar-refractivity contribution in [2.75, 3.05) is 6.61 Å². The zero-order chi connectivity index (χ0) is 18.6. The molecule has 0 saturated carbocycles. The number of hydrogen-bond acceptors (Lipinski definition) is 4. The van der Waals surface area contributed by atoms with Gasteiger partial charge in [0.2, 0.25) is 0 Å². The topological polar surface area (TPSA) is 84.5 Å². The predicted molar refractivity (Wildman–Crippen MR) is 86.5 cm³/mol. The van der Waals surface area contributed by atoms with E-state index in [4.69, 9.17) is 4.74 Å². The van der Waals surface area contributed by atoms with Crippen LogP contribution in [-0.2, 0) is 10.0 Å². The number of carbonyl (C=O) groups is 1. The van der Waals surface area contributed by atoms with Crippen LogP contribution in [0.5, 0.6) is 5.75 Å². The molecular weight excluding hydrogens is 354 g/mol. The maximum absolute atomic E-state index is 13.6. The normalized spacial score (nSPS) is 11.2. The molecule has 0 aliphatic carbocycles. The average molecular weight is 370 g/mol. The van der Waals surface area contributed by atoms with Crippen molar-refractivity contribution in [2.45, 2.75) is 18.7 Å². The monoisotopic (exact) mass is 370 g/mol. The molecule has 25 heavy (non-hydrogen) atoms. The number of sulfonamides is 1. The van der Waals surface area contributed by atoms with Crippen LogP contribution in [0.3, 0.4) is 0 Å². The molecule has 2 aromatic carbocycles. The maximum atomic E-state index is 13.6. The van der Waals surface area contributed by atoms with Gasteiger partial charge < -0.3 is 4.74 Å². The minimum Gasteiger partial charge on any atom is -0.494 e. The van der Waals surface area contributed by atoms with E-state index in [0.29, 0.717) is 24.5 Å². The van der Waals surface area contributed by atoms with Gasteiger partial charge >= 0.3 is 0 Å². The molecule has 0 saturated heterocycles. The number of hydrazine groups is 1. The SMILES string of the molecule is CCOc1cc(C)cc(C(=O)NNS(=O)(=O)c2cc(F)ccc2F)c1. The van der Waals surface area contributed by atoms with E-state index in [2.05, 4.69) is 0 Å². The molecule has 0 radical (unpaired) electrons. The van der Waals surface area contributed by atoms with Crippen LogP contribution in [0.4, 0.5) is 8.78 Å². The van der Waals surface area contributed by atoms with Crippen molar-refractivity contribution in [3.05, 3.63) is 59.2 Å². The lowest BCUT2D eigenvalue weighted by atomic mass is 10.1. The second kappa shape index (κ2) is 7.58. The third-order valence-electron chi connectivity index (χ3n) is 3.11. The Kier molecular flexibility index (Phi) is 5.70. The molecule has 0 aromatic heterocycles. The molecule has 2 aromatic rings. The van der Waals surface area contributed by atoms with E-state index in [9.17, 15) is 22.0 Å². The Labute approximate surface area is 143 Å². The molecule has 2 rings (SSSR count). The van der Waals surface area contributed by atoms with Crippen LogP contribution in [0.2, 0.25) is 0 Å². The third-order valence-corrected chi connectivity index (χ3v) is 4.37. The Morgan fingerprint density at radius 1 is 1.16 bits per heavy atom. The van der Waals surface area contributed by atoms with E-state index < -0.39 is 32.5 Å². The summed E-state index contributed by atoms with van der Waals surface area (Å²) in [5, 5.41) is 0. The van der Waals surface area contributed by atoms with Crippen molar-refractivity contribution < 1.29 is 26.7 Å². The van der Waals surface area contributed by atoms with Gasteiger partial charge in [-0.1, -0.05) is 0 Å². The molecule has 6 nitrogen and oxygen atoms in total. The molecule has 0 spiro atoms. The number of halogens is 2. The van der Waals surface area contributed by atoms with Gasteiger partial charge in [-0.15, -0.1) is 4.83 Å². The molecule has 0 aliphatic heterocycles. The van der Waals surface area contributed by atoms with E-state index in [0.717, 1.165) is 11.6 Å². The van der Waals surface area contributed by atoms with Gasteiger partial charge in [0.1, 0.15) is 22.3 Å². The first-order valence-corrected chi connectivity index (χ1v) is 8.73. The Morgan fingerprint density at radius 3 is 2.56 bits per heavy atom. The minimum absolute atomic E-state index is 0.144.